The van der Waals surface area contributed by atoms with E-state index >= 15 is 0 Å². The summed E-state index contributed by atoms with van der Waals surface area (Å²) in [5.41, 5.74) is 4.25. The fourth-order valence-corrected chi connectivity index (χ4v) is 1.20. The zero-order chi connectivity index (χ0) is 9.41. The normalized spacial score (nSPS) is 28.6. The Bertz CT molecular complexity index is 221. The number of carbonyl (C=O) groups is 1. The van der Waals surface area contributed by atoms with Crippen LogP contribution in [0.3, 0.4) is 0 Å². The average molecular weight is 172 g/mol. The third-order valence-corrected chi connectivity index (χ3v) is 2.11. The molecule has 1 heterocycles. The quantitative estimate of drug-likeness (QED) is 0.559. The van der Waals surface area contributed by atoms with Gasteiger partial charge in [0.2, 0.25) is 0 Å². The number of primary amides is 1. The first-order valence-corrected chi connectivity index (χ1v) is 3.71. The molecule has 68 valence electrons. The van der Waals surface area contributed by atoms with Gasteiger partial charge in [-0.15, -0.1) is 0 Å². The Morgan fingerprint density at radius 1 is 1.67 bits per heavy atom. The maximum Gasteiger partial charge on any atom is 0.350 e. The van der Waals surface area contributed by atoms with E-state index in [1.807, 2.05) is 21.1 Å². The lowest BCUT2D eigenvalue weighted by Crippen LogP contribution is -2.64. The molecule has 1 amide bonds. The molecule has 0 aliphatic carbocycles. The fourth-order valence-electron chi connectivity index (χ4n) is 1.20. The Balaban J connectivity index is 2.97. The van der Waals surface area contributed by atoms with Gasteiger partial charge in [0.1, 0.15) is 0 Å². The van der Waals surface area contributed by atoms with Crippen LogP contribution in [0.1, 0.15) is 6.42 Å². The predicted octanol–water partition coefficient (Wildman–Crippen LogP) is -0.720. The summed E-state index contributed by atoms with van der Waals surface area (Å²) in [7, 11) is 5.54. The van der Waals surface area contributed by atoms with E-state index in [0.29, 0.717) is 10.9 Å². The van der Waals surface area contributed by atoms with E-state index in [1.54, 1.807) is 6.21 Å². The van der Waals surface area contributed by atoms with Crippen molar-refractivity contribution in [1.82, 2.24) is 0 Å². The van der Waals surface area contributed by atoms with Gasteiger partial charge < -0.3 is 10.6 Å². The molecule has 0 aromatic rings. The molecular formula is C7H14N3O2+. The molecule has 1 atom stereocenters. The third-order valence-electron chi connectivity index (χ3n) is 2.11. The molecule has 2 N–H and O–H groups in total. The van der Waals surface area contributed by atoms with Crippen molar-refractivity contribution in [2.45, 2.75) is 12.1 Å². The zero-order valence-electron chi connectivity index (χ0n) is 7.57. The van der Waals surface area contributed by atoms with Crippen molar-refractivity contribution in [1.29, 1.82) is 0 Å². The largest absolute Gasteiger partial charge is 0.361 e. The number of quaternary nitrogens is 1. The van der Waals surface area contributed by atoms with E-state index in [9.17, 15) is 4.79 Å². The first-order chi connectivity index (χ1) is 5.40. The molecule has 0 aromatic carbocycles. The molecule has 5 heteroatoms. The first-order valence-electron chi connectivity index (χ1n) is 3.71. The molecule has 0 fully saturated rings. The number of carbonyl (C=O) groups excluding carboxylic acids is 1. The minimum atomic E-state index is -1.01. The number of nitrogens with two attached hydrogens (primary N) is 1. The summed E-state index contributed by atoms with van der Waals surface area (Å²) in [6, 6.07) is 0. The summed E-state index contributed by atoms with van der Waals surface area (Å²) >= 11 is 0. The molecule has 1 aliphatic heterocycles. The first kappa shape index (κ1) is 8.99. The number of rotatable bonds is 2. The van der Waals surface area contributed by atoms with Crippen molar-refractivity contribution in [3.8, 4) is 0 Å². The van der Waals surface area contributed by atoms with Crippen molar-refractivity contribution in [3.05, 3.63) is 0 Å². The molecule has 12 heavy (non-hydrogen) atoms. The van der Waals surface area contributed by atoms with E-state index in [4.69, 9.17) is 10.6 Å². The topological polar surface area (TPSA) is 64.7 Å². The van der Waals surface area contributed by atoms with Crippen LogP contribution in [0.5, 0.6) is 0 Å². The molecular weight excluding hydrogens is 158 g/mol. The summed E-state index contributed by atoms with van der Waals surface area (Å²) in [6.07, 6.45) is 2.00. The van der Waals surface area contributed by atoms with E-state index in [2.05, 4.69) is 5.16 Å². The monoisotopic (exact) mass is 172 g/mol. The SMILES string of the molecule is C[N+](C)(C)C1(C(N)=O)CC=NO1. The summed E-state index contributed by atoms with van der Waals surface area (Å²) in [5, 5.41) is 3.58. The van der Waals surface area contributed by atoms with Crippen LogP contribution in [0.4, 0.5) is 0 Å². The molecule has 1 aliphatic rings. The molecule has 0 bridgehead atoms. The molecule has 5 nitrogen and oxygen atoms in total. The Labute approximate surface area is 71.4 Å². The lowest BCUT2D eigenvalue weighted by molar-refractivity contribution is -0.937. The van der Waals surface area contributed by atoms with E-state index in [0.717, 1.165) is 0 Å². The lowest BCUT2D eigenvalue weighted by Gasteiger charge is -2.37. The van der Waals surface area contributed by atoms with Gasteiger partial charge in [0.25, 0.3) is 0 Å². The number of amides is 1. The van der Waals surface area contributed by atoms with Crippen LogP contribution >= 0.6 is 0 Å². The standard InChI is InChI=1S/C7H13N3O2/c1-10(2,3)7(6(8)11)4-5-9-12-7/h5H,4H2,1-3H3,(H-,8,11)/p+1. The highest BCUT2D eigenvalue weighted by atomic mass is 16.7. The van der Waals surface area contributed by atoms with Crippen LogP contribution in [0.25, 0.3) is 0 Å². The van der Waals surface area contributed by atoms with Gasteiger partial charge >= 0.3 is 11.6 Å². The van der Waals surface area contributed by atoms with E-state index < -0.39 is 11.6 Å². The van der Waals surface area contributed by atoms with Gasteiger partial charge in [-0.1, -0.05) is 5.16 Å². The number of hydrogen-bond acceptors (Lipinski definition) is 3. The second-order valence-electron chi connectivity index (χ2n) is 3.74. The smallest absolute Gasteiger partial charge is 0.350 e. The number of oxime groups is 1. The predicted molar refractivity (Wildman–Crippen MR) is 44.2 cm³/mol. The van der Waals surface area contributed by atoms with Crippen molar-refractivity contribution < 1.29 is 14.1 Å². The molecule has 0 saturated heterocycles. The lowest BCUT2D eigenvalue weighted by atomic mass is 10.1. The third kappa shape index (κ3) is 1.06. The van der Waals surface area contributed by atoms with Crippen LogP contribution < -0.4 is 5.73 Å². The Kier molecular flexibility index (Phi) is 1.83. The molecule has 1 unspecified atom stereocenters. The average Bonchev–Trinajstić information content (AvgIpc) is 2.31. The summed E-state index contributed by atoms with van der Waals surface area (Å²) in [5.74, 6) is -0.479. The van der Waals surface area contributed by atoms with Crippen LogP contribution in [0.2, 0.25) is 0 Å². The Morgan fingerprint density at radius 2 is 2.25 bits per heavy atom. The van der Waals surface area contributed by atoms with Gasteiger partial charge in [0.05, 0.1) is 33.8 Å². The van der Waals surface area contributed by atoms with Gasteiger partial charge in [-0.3, -0.25) is 9.28 Å². The summed E-state index contributed by atoms with van der Waals surface area (Å²) in [4.78, 5) is 16.2. The number of nitrogens with zero attached hydrogens (tertiary/aromatic N) is 2. The maximum absolute atomic E-state index is 11.2. The molecule has 1 rings (SSSR count). The highest BCUT2D eigenvalue weighted by Gasteiger charge is 2.54. The summed E-state index contributed by atoms with van der Waals surface area (Å²) in [6.45, 7) is 0. The minimum absolute atomic E-state index is 0.322. The molecule has 0 radical (unpaired) electrons. The van der Waals surface area contributed by atoms with Crippen LogP contribution in [0, 0.1) is 0 Å². The van der Waals surface area contributed by atoms with Crippen LogP contribution in [-0.4, -0.2) is 43.5 Å². The Morgan fingerprint density at radius 3 is 2.42 bits per heavy atom. The second kappa shape index (κ2) is 2.45. The van der Waals surface area contributed by atoms with Crippen LogP contribution in [0.15, 0.2) is 5.16 Å². The molecule has 0 saturated carbocycles. The van der Waals surface area contributed by atoms with Gasteiger partial charge in [0.15, 0.2) is 0 Å². The Hall–Kier alpha value is -1.10. The zero-order valence-corrected chi connectivity index (χ0v) is 7.57. The molecule has 0 spiro atoms. The van der Waals surface area contributed by atoms with Gasteiger partial charge in [-0.2, -0.15) is 0 Å². The minimum Gasteiger partial charge on any atom is -0.361 e. The van der Waals surface area contributed by atoms with Crippen molar-refractivity contribution in [2.75, 3.05) is 21.1 Å². The van der Waals surface area contributed by atoms with Crippen molar-refractivity contribution >= 4 is 12.1 Å². The van der Waals surface area contributed by atoms with E-state index in [-0.39, 0.29) is 0 Å². The van der Waals surface area contributed by atoms with Gasteiger partial charge in [-0.05, 0) is 0 Å². The molecule has 0 aromatic heterocycles. The maximum atomic E-state index is 11.2. The van der Waals surface area contributed by atoms with Crippen molar-refractivity contribution in [3.63, 3.8) is 0 Å². The number of hydrogen-bond donors (Lipinski definition) is 1. The van der Waals surface area contributed by atoms with E-state index in [1.165, 1.54) is 0 Å². The van der Waals surface area contributed by atoms with Crippen molar-refractivity contribution in [2.24, 2.45) is 10.9 Å². The fraction of sp³-hybridized carbons (Fsp3) is 0.714. The summed E-state index contributed by atoms with van der Waals surface area (Å²) < 4.78 is 0.322. The highest BCUT2D eigenvalue weighted by Crippen LogP contribution is 2.27. The van der Waals surface area contributed by atoms with Gasteiger partial charge in [0, 0.05) is 0 Å². The highest BCUT2D eigenvalue weighted by molar-refractivity contribution is 5.86. The second-order valence-corrected chi connectivity index (χ2v) is 3.74. The van der Waals surface area contributed by atoms with Gasteiger partial charge in [-0.25, -0.2) is 0 Å². The van der Waals surface area contributed by atoms with Crippen LogP contribution in [-0.2, 0) is 9.63 Å². The number of likely N-dealkylation sites (N-methyl/N-ethyl adjacent to an activating group) is 1.